The number of aromatic nitrogens is 4. The molecule has 0 atom stereocenters. The van der Waals surface area contributed by atoms with Gasteiger partial charge in [0.05, 0.1) is 35.5 Å². The molecule has 140 valence electrons. The third kappa shape index (κ3) is 3.07. The molecule has 3 aromatic heterocycles. The normalized spacial score (nSPS) is 10.8. The molecule has 0 spiro atoms. The first-order valence-electron chi connectivity index (χ1n) is 8.11. The second kappa shape index (κ2) is 6.91. The molecule has 1 N–H and O–H groups in total. The highest BCUT2D eigenvalue weighted by Crippen LogP contribution is 2.32. The standard InChI is InChI=1S/C18H13FN6O3/c1-28-16-10-20-18(22-11-5-6-13(19)15(8-11)25(26)27)23-17(16)12-9-21-24-7-3-2-4-14(12)24/h2-10H,1H3,(H,20,22,23). The third-order valence-electron chi connectivity index (χ3n) is 4.06. The van der Waals surface area contributed by atoms with Gasteiger partial charge in [0.1, 0.15) is 5.69 Å². The van der Waals surface area contributed by atoms with E-state index in [1.54, 1.807) is 10.7 Å². The molecule has 0 fully saturated rings. The predicted molar refractivity (Wildman–Crippen MR) is 99.1 cm³/mol. The van der Waals surface area contributed by atoms with Crippen molar-refractivity contribution in [3.63, 3.8) is 0 Å². The molecule has 3 heterocycles. The summed E-state index contributed by atoms with van der Waals surface area (Å²) in [7, 11) is 1.50. The average molecular weight is 380 g/mol. The molecule has 0 bridgehead atoms. The van der Waals surface area contributed by atoms with Gasteiger partial charge in [-0.15, -0.1) is 0 Å². The van der Waals surface area contributed by atoms with E-state index in [0.717, 1.165) is 23.2 Å². The summed E-state index contributed by atoms with van der Waals surface area (Å²) in [6, 6.07) is 9.08. The van der Waals surface area contributed by atoms with Crippen LogP contribution in [-0.2, 0) is 0 Å². The van der Waals surface area contributed by atoms with Gasteiger partial charge in [0.2, 0.25) is 11.8 Å². The quantitative estimate of drug-likeness (QED) is 0.416. The van der Waals surface area contributed by atoms with E-state index < -0.39 is 16.4 Å². The summed E-state index contributed by atoms with van der Waals surface area (Å²) in [5.74, 6) is -0.306. The van der Waals surface area contributed by atoms with E-state index >= 15 is 0 Å². The topological polar surface area (TPSA) is 107 Å². The lowest BCUT2D eigenvalue weighted by Crippen LogP contribution is -2.01. The van der Waals surface area contributed by atoms with Crippen LogP contribution in [0.2, 0.25) is 0 Å². The van der Waals surface area contributed by atoms with Crippen molar-refractivity contribution in [1.82, 2.24) is 19.6 Å². The SMILES string of the molecule is COc1cnc(Nc2ccc(F)c([N+](=O)[O-])c2)nc1-c1cnn2ccccc12. The Morgan fingerprint density at radius 3 is 2.89 bits per heavy atom. The lowest BCUT2D eigenvalue weighted by atomic mass is 10.2. The summed E-state index contributed by atoms with van der Waals surface area (Å²) in [5, 5.41) is 18.1. The Bertz CT molecular complexity index is 1190. The van der Waals surface area contributed by atoms with E-state index in [0.29, 0.717) is 11.4 Å². The van der Waals surface area contributed by atoms with Gasteiger partial charge in [-0.3, -0.25) is 10.1 Å². The third-order valence-corrected chi connectivity index (χ3v) is 4.06. The minimum absolute atomic E-state index is 0.173. The summed E-state index contributed by atoms with van der Waals surface area (Å²) in [6.07, 6.45) is 4.95. The van der Waals surface area contributed by atoms with Crippen LogP contribution in [0.4, 0.5) is 21.7 Å². The lowest BCUT2D eigenvalue weighted by Gasteiger charge is -2.10. The summed E-state index contributed by atoms with van der Waals surface area (Å²) in [6.45, 7) is 0. The van der Waals surface area contributed by atoms with Gasteiger partial charge in [-0.05, 0) is 24.3 Å². The fourth-order valence-electron chi connectivity index (χ4n) is 2.75. The highest BCUT2D eigenvalue weighted by Gasteiger charge is 2.17. The maximum Gasteiger partial charge on any atom is 0.306 e. The summed E-state index contributed by atoms with van der Waals surface area (Å²) in [4.78, 5) is 18.8. The molecule has 0 aliphatic rings. The second-order valence-electron chi connectivity index (χ2n) is 5.75. The fraction of sp³-hybridized carbons (Fsp3) is 0.0556. The second-order valence-corrected chi connectivity index (χ2v) is 5.75. The van der Waals surface area contributed by atoms with Crippen LogP contribution in [0.15, 0.2) is 55.0 Å². The minimum Gasteiger partial charge on any atom is -0.493 e. The molecule has 4 rings (SSSR count). The molecule has 9 nitrogen and oxygen atoms in total. The van der Waals surface area contributed by atoms with Crippen LogP contribution in [0.3, 0.4) is 0 Å². The van der Waals surface area contributed by atoms with Gasteiger partial charge in [-0.2, -0.15) is 9.49 Å². The Balaban J connectivity index is 1.75. The van der Waals surface area contributed by atoms with Gasteiger partial charge in [0, 0.05) is 18.0 Å². The maximum atomic E-state index is 13.5. The monoisotopic (exact) mass is 380 g/mol. The number of pyridine rings is 1. The first-order valence-corrected chi connectivity index (χ1v) is 8.11. The Labute approximate surface area is 157 Å². The molecule has 28 heavy (non-hydrogen) atoms. The minimum atomic E-state index is -0.918. The number of fused-ring (bicyclic) bond motifs is 1. The van der Waals surface area contributed by atoms with E-state index in [1.165, 1.54) is 19.4 Å². The van der Waals surface area contributed by atoms with Gasteiger partial charge in [-0.25, -0.2) is 14.5 Å². The number of methoxy groups -OCH3 is 1. The molecular formula is C18H13FN6O3. The number of nitro groups is 1. The number of nitrogens with one attached hydrogen (secondary N) is 1. The number of anilines is 2. The molecule has 0 saturated carbocycles. The van der Waals surface area contributed by atoms with E-state index in [1.807, 2.05) is 24.4 Å². The largest absolute Gasteiger partial charge is 0.493 e. The molecule has 0 unspecified atom stereocenters. The van der Waals surface area contributed by atoms with Gasteiger partial charge in [-0.1, -0.05) is 6.07 Å². The molecule has 0 radical (unpaired) electrons. The van der Waals surface area contributed by atoms with Crippen LogP contribution in [0.1, 0.15) is 0 Å². The van der Waals surface area contributed by atoms with E-state index in [9.17, 15) is 14.5 Å². The Hall–Kier alpha value is -4.08. The smallest absolute Gasteiger partial charge is 0.306 e. The highest BCUT2D eigenvalue weighted by molar-refractivity contribution is 5.81. The number of benzene rings is 1. The number of nitro benzene ring substituents is 1. The van der Waals surface area contributed by atoms with Crippen LogP contribution >= 0.6 is 0 Å². The fourth-order valence-corrected chi connectivity index (χ4v) is 2.75. The molecule has 1 aromatic carbocycles. The van der Waals surface area contributed by atoms with Crippen molar-refractivity contribution in [3.05, 3.63) is 70.9 Å². The number of nitrogens with zero attached hydrogens (tertiary/aromatic N) is 5. The van der Waals surface area contributed by atoms with Crippen LogP contribution in [0.5, 0.6) is 5.75 Å². The Morgan fingerprint density at radius 1 is 1.25 bits per heavy atom. The van der Waals surface area contributed by atoms with E-state index in [-0.39, 0.29) is 11.6 Å². The summed E-state index contributed by atoms with van der Waals surface area (Å²) in [5.41, 5.74) is 1.69. The van der Waals surface area contributed by atoms with Crippen LogP contribution in [0, 0.1) is 15.9 Å². The molecule has 10 heteroatoms. The molecular weight excluding hydrogens is 367 g/mol. The molecule has 0 aliphatic heterocycles. The van der Waals surface area contributed by atoms with Crippen LogP contribution in [-0.4, -0.2) is 31.6 Å². The van der Waals surface area contributed by atoms with Gasteiger partial charge < -0.3 is 10.1 Å². The Morgan fingerprint density at radius 2 is 2.11 bits per heavy atom. The predicted octanol–water partition coefficient (Wildman–Crippen LogP) is 3.59. The lowest BCUT2D eigenvalue weighted by molar-refractivity contribution is -0.387. The number of halogens is 1. The number of hydrogen-bond donors (Lipinski definition) is 1. The van der Waals surface area contributed by atoms with Crippen molar-refractivity contribution < 1.29 is 14.1 Å². The molecule has 0 aliphatic carbocycles. The first-order chi connectivity index (χ1) is 13.6. The molecule has 0 amide bonds. The zero-order valence-electron chi connectivity index (χ0n) is 14.5. The van der Waals surface area contributed by atoms with Crippen molar-refractivity contribution in [3.8, 4) is 17.0 Å². The first kappa shape index (κ1) is 17.3. The van der Waals surface area contributed by atoms with Gasteiger partial charge >= 0.3 is 5.69 Å². The Kier molecular flexibility index (Phi) is 4.28. The number of rotatable bonds is 5. The van der Waals surface area contributed by atoms with Gasteiger partial charge in [0.15, 0.2) is 5.75 Å². The van der Waals surface area contributed by atoms with E-state index in [2.05, 4.69) is 20.4 Å². The molecule has 4 aromatic rings. The molecule has 0 saturated heterocycles. The zero-order chi connectivity index (χ0) is 19.7. The van der Waals surface area contributed by atoms with E-state index in [4.69, 9.17) is 4.74 Å². The van der Waals surface area contributed by atoms with Crippen molar-refractivity contribution in [1.29, 1.82) is 0 Å². The van der Waals surface area contributed by atoms with Crippen molar-refractivity contribution >= 4 is 22.8 Å². The summed E-state index contributed by atoms with van der Waals surface area (Å²) >= 11 is 0. The number of ether oxygens (including phenoxy) is 1. The van der Waals surface area contributed by atoms with Crippen molar-refractivity contribution in [2.24, 2.45) is 0 Å². The van der Waals surface area contributed by atoms with Gasteiger partial charge in [0.25, 0.3) is 0 Å². The summed E-state index contributed by atoms with van der Waals surface area (Å²) < 4.78 is 20.6. The highest BCUT2D eigenvalue weighted by atomic mass is 19.1. The van der Waals surface area contributed by atoms with Crippen molar-refractivity contribution in [2.45, 2.75) is 0 Å². The van der Waals surface area contributed by atoms with Crippen molar-refractivity contribution in [2.75, 3.05) is 12.4 Å². The average Bonchev–Trinajstić information content (AvgIpc) is 3.13. The number of hydrogen-bond acceptors (Lipinski definition) is 7. The maximum absolute atomic E-state index is 13.5. The van der Waals surface area contributed by atoms with Crippen LogP contribution < -0.4 is 10.1 Å². The zero-order valence-corrected chi connectivity index (χ0v) is 14.5. The van der Waals surface area contributed by atoms with Crippen LogP contribution in [0.25, 0.3) is 16.8 Å².